The minimum absolute atomic E-state index is 0.143. The van der Waals surface area contributed by atoms with Crippen molar-refractivity contribution in [3.63, 3.8) is 0 Å². The summed E-state index contributed by atoms with van der Waals surface area (Å²) < 4.78 is 25.7. The molecule has 1 fully saturated rings. The number of hydrogen-bond acceptors (Lipinski definition) is 5. The molecular weight excluding hydrogens is 292 g/mol. The van der Waals surface area contributed by atoms with Gasteiger partial charge in [-0.2, -0.15) is 10.1 Å². The molecule has 0 bridgehead atoms. The molecule has 21 heavy (non-hydrogen) atoms. The number of rotatable bonds is 5. The fourth-order valence-electron chi connectivity index (χ4n) is 2.47. The third-order valence-electron chi connectivity index (χ3n) is 3.69. The first kappa shape index (κ1) is 15.9. The molecule has 0 spiro atoms. The van der Waals surface area contributed by atoms with E-state index in [2.05, 4.69) is 15.4 Å². The van der Waals surface area contributed by atoms with Gasteiger partial charge in [0.15, 0.2) is 15.7 Å². The van der Waals surface area contributed by atoms with Crippen LogP contribution >= 0.6 is 0 Å². The normalized spacial score (nSPS) is 16.6. The molecule has 118 valence electrons. The predicted molar refractivity (Wildman–Crippen MR) is 79.8 cm³/mol. The number of sulfone groups is 1. The number of anilines is 1. The van der Waals surface area contributed by atoms with E-state index in [1.54, 1.807) is 7.05 Å². The number of nitrogens with one attached hydrogen (secondary N) is 1. The summed E-state index contributed by atoms with van der Waals surface area (Å²) in [4.78, 5) is 16.1. The van der Waals surface area contributed by atoms with Crippen molar-refractivity contribution in [2.24, 2.45) is 7.05 Å². The molecular formula is C13H22N4O3S. The molecule has 2 rings (SSSR count). The van der Waals surface area contributed by atoms with Crippen molar-refractivity contribution in [2.45, 2.75) is 50.7 Å². The van der Waals surface area contributed by atoms with Gasteiger partial charge >= 0.3 is 0 Å². The number of carbonyl (C=O) groups excluding carboxylic acids is 1. The van der Waals surface area contributed by atoms with Crippen molar-refractivity contribution in [1.29, 1.82) is 0 Å². The van der Waals surface area contributed by atoms with Crippen molar-refractivity contribution < 1.29 is 13.2 Å². The van der Waals surface area contributed by atoms with Crippen LogP contribution in [0.4, 0.5) is 5.95 Å². The van der Waals surface area contributed by atoms with Gasteiger partial charge in [0, 0.05) is 13.0 Å². The average Bonchev–Trinajstić information content (AvgIpc) is 2.99. The van der Waals surface area contributed by atoms with Crippen molar-refractivity contribution in [2.75, 3.05) is 11.1 Å². The molecule has 1 heterocycles. The minimum Gasteiger partial charge on any atom is -0.294 e. The fourth-order valence-corrected chi connectivity index (χ4v) is 4.19. The van der Waals surface area contributed by atoms with Crippen molar-refractivity contribution in [3.05, 3.63) is 5.82 Å². The third-order valence-corrected chi connectivity index (χ3v) is 5.84. The third kappa shape index (κ3) is 3.81. The molecule has 1 aromatic heterocycles. The Labute approximate surface area is 125 Å². The number of nitrogens with zero attached hydrogens (tertiary/aromatic N) is 3. The van der Waals surface area contributed by atoms with Gasteiger partial charge in [0.2, 0.25) is 11.9 Å². The zero-order valence-corrected chi connectivity index (χ0v) is 13.5. The molecule has 1 N–H and O–H groups in total. The molecule has 1 aromatic rings. The second kappa shape index (κ2) is 6.13. The highest BCUT2D eigenvalue weighted by atomic mass is 32.2. The number of carbonyl (C=O) groups is 1. The number of amides is 1. The van der Waals surface area contributed by atoms with E-state index in [1.807, 2.05) is 13.8 Å². The van der Waals surface area contributed by atoms with E-state index in [4.69, 9.17) is 0 Å². The van der Waals surface area contributed by atoms with Crippen LogP contribution in [0.1, 0.15) is 51.3 Å². The average molecular weight is 314 g/mol. The summed E-state index contributed by atoms with van der Waals surface area (Å²) in [6, 6.07) is 0. The van der Waals surface area contributed by atoms with Crippen LogP contribution in [-0.4, -0.2) is 40.1 Å². The summed E-state index contributed by atoms with van der Waals surface area (Å²) >= 11 is 0. The molecule has 8 heteroatoms. The van der Waals surface area contributed by atoms with Crippen molar-refractivity contribution in [3.8, 4) is 0 Å². The van der Waals surface area contributed by atoms with E-state index in [-0.39, 0.29) is 17.1 Å². The first-order valence-electron chi connectivity index (χ1n) is 7.22. The van der Waals surface area contributed by atoms with Gasteiger partial charge in [0.25, 0.3) is 0 Å². The second-order valence-electron chi connectivity index (χ2n) is 5.83. The van der Waals surface area contributed by atoms with E-state index >= 15 is 0 Å². The van der Waals surface area contributed by atoms with Crippen molar-refractivity contribution in [1.82, 2.24) is 14.8 Å². The number of hydrogen-bond donors (Lipinski definition) is 1. The Morgan fingerprint density at radius 2 is 2.00 bits per heavy atom. The highest BCUT2D eigenvalue weighted by Gasteiger charge is 2.31. The lowest BCUT2D eigenvalue weighted by Gasteiger charge is -2.10. The Morgan fingerprint density at radius 1 is 1.38 bits per heavy atom. The summed E-state index contributed by atoms with van der Waals surface area (Å²) in [6.45, 7) is 3.90. The van der Waals surface area contributed by atoms with Gasteiger partial charge in [-0.1, -0.05) is 26.7 Å². The molecule has 0 atom stereocenters. The lowest BCUT2D eigenvalue weighted by Crippen LogP contribution is -2.30. The summed E-state index contributed by atoms with van der Waals surface area (Å²) in [5.74, 6) is 0.00944. The zero-order chi connectivity index (χ0) is 15.6. The molecule has 1 amide bonds. The highest BCUT2D eigenvalue weighted by Crippen LogP contribution is 2.25. The first-order chi connectivity index (χ1) is 9.79. The largest absolute Gasteiger partial charge is 0.294 e. The monoisotopic (exact) mass is 314 g/mol. The van der Waals surface area contributed by atoms with Gasteiger partial charge in [-0.3, -0.25) is 10.1 Å². The minimum atomic E-state index is -3.37. The van der Waals surface area contributed by atoms with Crippen LogP contribution in [0, 0.1) is 0 Å². The van der Waals surface area contributed by atoms with Gasteiger partial charge in [-0.15, -0.1) is 0 Å². The van der Waals surface area contributed by atoms with Gasteiger partial charge in [0.05, 0.1) is 5.25 Å². The Morgan fingerprint density at radius 3 is 2.52 bits per heavy atom. The quantitative estimate of drug-likeness (QED) is 0.882. The molecule has 7 nitrogen and oxygen atoms in total. The van der Waals surface area contributed by atoms with Gasteiger partial charge in [-0.05, 0) is 12.8 Å². The predicted octanol–water partition coefficient (Wildman–Crippen LogP) is 1.23. The number of aromatic nitrogens is 3. The summed E-state index contributed by atoms with van der Waals surface area (Å²) in [5.41, 5.74) is 0. The van der Waals surface area contributed by atoms with E-state index < -0.39 is 21.5 Å². The molecule has 1 aliphatic rings. The SMILES string of the molecule is CC(C)c1nc(NC(=O)CS(=O)(=O)C2CCCC2)n(C)n1. The van der Waals surface area contributed by atoms with Crippen LogP contribution in [0.15, 0.2) is 0 Å². The van der Waals surface area contributed by atoms with E-state index in [0.717, 1.165) is 12.8 Å². The molecule has 0 aliphatic heterocycles. The Hall–Kier alpha value is -1.44. The van der Waals surface area contributed by atoms with Gasteiger partial charge < -0.3 is 0 Å². The fraction of sp³-hybridized carbons (Fsp3) is 0.769. The van der Waals surface area contributed by atoms with E-state index in [0.29, 0.717) is 18.7 Å². The topological polar surface area (TPSA) is 94.0 Å². The van der Waals surface area contributed by atoms with Crippen LogP contribution in [0.5, 0.6) is 0 Å². The van der Waals surface area contributed by atoms with Crippen LogP contribution < -0.4 is 5.32 Å². The maximum absolute atomic E-state index is 12.1. The number of aryl methyl sites for hydroxylation is 1. The molecule has 0 saturated heterocycles. The Kier molecular flexibility index (Phi) is 4.65. The maximum Gasteiger partial charge on any atom is 0.241 e. The second-order valence-corrected chi connectivity index (χ2v) is 8.11. The van der Waals surface area contributed by atoms with E-state index in [9.17, 15) is 13.2 Å². The molecule has 1 saturated carbocycles. The van der Waals surface area contributed by atoms with Gasteiger partial charge in [0.1, 0.15) is 5.75 Å². The highest BCUT2D eigenvalue weighted by molar-refractivity contribution is 7.92. The smallest absolute Gasteiger partial charge is 0.241 e. The molecule has 0 aromatic carbocycles. The standard InChI is InChI=1S/C13H22N4O3S/c1-9(2)12-15-13(17(3)16-12)14-11(18)8-21(19,20)10-6-4-5-7-10/h9-10H,4-8H2,1-3H3,(H,14,15,16,18). The summed E-state index contributed by atoms with van der Waals surface area (Å²) in [6.07, 6.45) is 3.17. The Balaban J connectivity index is 2.01. The summed E-state index contributed by atoms with van der Waals surface area (Å²) in [7, 11) is -1.70. The van der Waals surface area contributed by atoms with Crippen LogP contribution in [0.2, 0.25) is 0 Å². The molecule has 0 radical (unpaired) electrons. The molecule has 0 unspecified atom stereocenters. The molecule has 1 aliphatic carbocycles. The van der Waals surface area contributed by atoms with Crippen LogP contribution in [0.25, 0.3) is 0 Å². The Bertz CT molecular complexity index is 615. The summed E-state index contributed by atoms with van der Waals surface area (Å²) in [5, 5.41) is 6.35. The van der Waals surface area contributed by atoms with Gasteiger partial charge in [-0.25, -0.2) is 13.1 Å². The van der Waals surface area contributed by atoms with Crippen molar-refractivity contribution >= 4 is 21.7 Å². The lowest BCUT2D eigenvalue weighted by atomic mass is 10.2. The lowest BCUT2D eigenvalue weighted by molar-refractivity contribution is -0.114. The maximum atomic E-state index is 12.1. The zero-order valence-electron chi connectivity index (χ0n) is 12.7. The van der Waals surface area contributed by atoms with E-state index in [1.165, 1.54) is 4.68 Å². The van der Waals surface area contributed by atoms with Crippen LogP contribution in [-0.2, 0) is 21.7 Å². The van der Waals surface area contributed by atoms with Crippen LogP contribution in [0.3, 0.4) is 0 Å². The first-order valence-corrected chi connectivity index (χ1v) is 8.93.